The van der Waals surface area contributed by atoms with Crippen molar-refractivity contribution in [2.24, 2.45) is 11.3 Å². The van der Waals surface area contributed by atoms with Crippen molar-refractivity contribution in [2.75, 3.05) is 13.1 Å². The number of hydrogen-bond acceptors (Lipinski definition) is 4. The molecule has 1 aromatic rings. The van der Waals surface area contributed by atoms with Crippen LogP contribution >= 0.6 is 11.3 Å². The number of carbonyl (C=O) groups is 1. The Hall–Kier alpha value is -0.940. The normalized spacial score (nSPS) is 25.6. The summed E-state index contributed by atoms with van der Waals surface area (Å²) < 4.78 is 0. The number of carboxylic acids is 1. The average Bonchev–Trinajstić information content (AvgIpc) is 2.87. The van der Waals surface area contributed by atoms with Gasteiger partial charge in [-0.15, -0.1) is 11.3 Å². The number of likely N-dealkylation sites (tertiary alicyclic amines) is 1. The van der Waals surface area contributed by atoms with E-state index in [2.05, 4.69) is 9.88 Å². The Labute approximate surface area is 105 Å². The molecule has 2 heterocycles. The molecule has 1 saturated heterocycles. The van der Waals surface area contributed by atoms with E-state index in [4.69, 9.17) is 0 Å². The van der Waals surface area contributed by atoms with E-state index in [1.807, 2.05) is 25.6 Å². The summed E-state index contributed by atoms with van der Waals surface area (Å²) in [5.41, 5.74) is 1.25. The molecule has 0 bridgehead atoms. The Balaban J connectivity index is 2.05. The molecule has 1 N–H and O–H groups in total. The second-order valence-electron chi connectivity index (χ2n) is 5.04. The van der Waals surface area contributed by atoms with Gasteiger partial charge in [-0.3, -0.25) is 14.7 Å². The summed E-state index contributed by atoms with van der Waals surface area (Å²) in [6.07, 6.45) is 2.61. The molecule has 0 amide bonds. The molecule has 4 nitrogen and oxygen atoms in total. The van der Waals surface area contributed by atoms with Crippen LogP contribution in [-0.2, 0) is 11.3 Å². The molecule has 1 fully saturated rings. The summed E-state index contributed by atoms with van der Waals surface area (Å²) in [6.45, 7) is 6.35. The van der Waals surface area contributed by atoms with E-state index in [0.29, 0.717) is 6.54 Å². The van der Waals surface area contributed by atoms with Crippen LogP contribution in [0.25, 0.3) is 0 Å². The van der Waals surface area contributed by atoms with E-state index in [-0.39, 0.29) is 5.92 Å². The van der Waals surface area contributed by atoms with Gasteiger partial charge < -0.3 is 5.11 Å². The Morgan fingerprint density at radius 2 is 2.47 bits per heavy atom. The van der Waals surface area contributed by atoms with E-state index in [0.717, 1.165) is 19.5 Å². The van der Waals surface area contributed by atoms with Crippen molar-refractivity contribution in [2.45, 2.75) is 26.8 Å². The number of hydrogen-bond donors (Lipinski definition) is 1. The minimum Gasteiger partial charge on any atom is -0.481 e. The van der Waals surface area contributed by atoms with E-state index in [1.165, 1.54) is 4.88 Å². The molecular weight excluding hydrogens is 236 g/mol. The zero-order chi connectivity index (χ0) is 12.5. The number of nitrogens with zero attached hydrogens (tertiary/aromatic N) is 2. The molecule has 0 spiro atoms. The Kier molecular flexibility index (Phi) is 3.49. The topological polar surface area (TPSA) is 53.4 Å². The zero-order valence-corrected chi connectivity index (χ0v) is 11.0. The summed E-state index contributed by atoms with van der Waals surface area (Å²) in [5.74, 6) is -0.481. The highest BCUT2D eigenvalue weighted by molar-refractivity contribution is 7.09. The first-order valence-electron chi connectivity index (χ1n) is 5.88. The van der Waals surface area contributed by atoms with Crippen molar-refractivity contribution in [1.82, 2.24) is 9.88 Å². The predicted molar refractivity (Wildman–Crippen MR) is 66.9 cm³/mol. The van der Waals surface area contributed by atoms with Crippen molar-refractivity contribution < 1.29 is 9.90 Å². The standard InChI is InChI=1S/C12H18N2O2S/c1-9(2)12(11(15)16)3-4-14(7-12)6-10-5-13-8-17-10/h5,8-9H,3-4,6-7H2,1-2H3,(H,15,16). The van der Waals surface area contributed by atoms with Gasteiger partial charge in [-0.1, -0.05) is 13.8 Å². The van der Waals surface area contributed by atoms with Gasteiger partial charge in [0.2, 0.25) is 0 Å². The van der Waals surface area contributed by atoms with Crippen LogP contribution in [0.2, 0.25) is 0 Å². The highest BCUT2D eigenvalue weighted by atomic mass is 32.1. The van der Waals surface area contributed by atoms with Gasteiger partial charge in [-0.25, -0.2) is 0 Å². The van der Waals surface area contributed by atoms with E-state index in [1.54, 1.807) is 11.3 Å². The molecule has 2 rings (SSSR count). The van der Waals surface area contributed by atoms with Crippen LogP contribution < -0.4 is 0 Å². The minimum absolute atomic E-state index is 0.173. The lowest BCUT2D eigenvalue weighted by atomic mass is 9.76. The summed E-state index contributed by atoms with van der Waals surface area (Å²) in [6, 6.07) is 0. The molecule has 0 aliphatic carbocycles. The largest absolute Gasteiger partial charge is 0.481 e. The number of aliphatic carboxylic acids is 1. The maximum absolute atomic E-state index is 11.5. The van der Waals surface area contributed by atoms with E-state index < -0.39 is 11.4 Å². The maximum Gasteiger partial charge on any atom is 0.311 e. The van der Waals surface area contributed by atoms with Crippen LogP contribution in [-0.4, -0.2) is 34.0 Å². The van der Waals surface area contributed by atoms with E-state index >= 15 is 0 Å². The first-order valence-corrected chi connectivity index (χ1v) is 6.76. The van der Waals surface area contributed by atoms with Gasteiger partial charge in [0.25, 0.3) is 0 Å². The fraction of sp³-hybridized carbons (Fsp3) is 0.667. The highest BCUT2D eigenvalue weighted by Gasteiger charge is 2.47. The van der Waals surface area contributed by atoms with Crippen molar-refractivity contribution in [3.63, 3.8) is 0 Å². The summed E-state index contributed by atoms with van der Waals surface area (Å²) in [5, 5.41) is 9.44. The highest BCUT2D eigenvalue weighted by Crippen LogP contribution is 2.38. The van der Waals surface area contributed by atoms with Crippen LogP contribution in [0.1, 0.15) is 25.1 Å². The summed E-state index contributed by atoms with van der Waals surface area (Å²) in [7, 11) is 0. The number of thiazole rings is 1. The Morgan fingerprint density at radius 1 is 1.71 bits per heavy atom. The van der Waals surface area contributed by atoms with Crippen molar-refractivity contribution in [3.8, 4) is 0 Å². The van der Waals surface area contributed by atoms with Crippen molar-refractivity contribution in [3.05, 3.63) is 16.6 Å². The van der Waals surface area contributed by atoms with Gasteiger partial charge in [-0.2, -0.15) is 0 Å². The molecule has 1 aromatic heterocycles. The number of carboxylic acid groups (broad SMARTS) is 1. The molecule has 0 aromatic carbocycles. The zero-order valence-electron chi connectivity index (χ0n) is 10.2. The third-order valence-electron chi connectivity index (χ3n) is 3.77. The molecule has 17 heavy (non-hydrogen) atoms. The number of aromatic nitrogens is 1. The van der Waals surface area contributed by atoms with Crippen LogP contribution in [0.15, 0.2) is 11.7 Å². The van der Waals surface area contributed by atoms with Gasteiger partial charge >= 0.3 is 5.97 Å². The lowest BCUT2D eigenvalue weighted by Crippen LogP contribution is -2.39. The van der Waals surface area contributed by atoms with Gasteiger partial charge in [0, 0.05) is 24.2 Å². The SMILES string of the molecule is CC(C)C1(C(=O)O)CCN(Cc2cncs2)C1. The lowest BCUT2D eigenvalue weighted by Gasteiger charge is -2.28. The summed E-state index contributed by atoms with van der Waals surface area (Å²) >= 11 is 1.63. The fourth-order valence-corrected chi connectivity index (χ4v) is 3.12. The smallest absolute Gasteiger partial charge is 0.311 e. The molecule has 0 saturated carbocycles. The summed E-state index contributed by atoms with van der Waals surface area (Å²) in [4.78, 5) is 19.0. The van der Waals surface area contributed by atoms with Crippen LogP contribution in [0.3, 0.4) is 0 Å². The average molecular weight is 254 g/mol. The lowest BCUT2D eigenvalue weighted by molar-refractivity contribution is -0.151. The van der Waals surface area contributed by atoms with Crippen molar-refractivity contribution >= 4 is 17.3 Å². The van der Waals surface area contributed by atoms with Gasteiger partial charge in [-0.05, 0) is 18.9 Å². The Morgan fingerprint density at radius 3 is 2.94 bits per heavy atom. The molecule has 1 aliphatic rings. The third kappa shape index (κ3) is 2.35. The first-order chi connectivity index (χ1) is 8.04. The van der Waals surface area contributed by atoms with Crippen LogP contribution in [0, 0.1) is 11.3 Å². The molecule has 1 aliphatic heterocycles. The van der Waals surface area contributed by atoms with Crippen molar-refractivity contribution in [1.29, 1.82) is 0 Å². The molecule has 0 radical (unpaired) electrons. The van der Waals surface area contributed by atoms with E-state index in [9.17, 15) is 9.90 Å². The van der Waals surface area contributed by atoms with Crippen LogP contribution in [0.4, 0.5) is 0 Å². The molecule has 1 atom stereocenters. The number of rotatable bonds is 4. The van der Waals surface area contributed by atoms with Gasteiger partial charge in [0.1, 0.15) is 0 Å². The Bertz CT molecular complexity index is 391. The molecular formula is C12H18N2O2S. The molecule has 94 valence electrons. The molecule has 5 heteroatoms. The second kappa shape index (κ2) is 4.74. The maximum atomic E-state index is 11.5. The monoisotopic (exact) mass is 254 g/mol. The third-order valence-corrected chi connectivity index (χ3v) is 4.54. The second-order valence-corrected chi connectivity index (χ2v) is 6.02. The quantitative estimate of drug-likeness (QED) is 0.893. The molecule has 1 unspecified atom stereocenters. The predicted octanol–water partition coefficient (Wildman–Crippen LogP) is 2.08. The van der Waals surface area contributed by atoms with Gasteiger partial charge in [0.05, 0.1) is 10.9 Å². The fourth-order valence-electron chi connectivity index (χ4n) is 2.48. The minimum atomic E-state index is -0.653. The van der Waals surface area contributed by atoms with Gasteiger partial charge in [0.15, 0.2) is 0 Å². The van der Waals surface area contributed by atoms with Crippen LogP contribution in [0.5, 0.6) is 0 Å². The first kappa shape index (κ1) is 12.5.